The zero-order valence-electron chi connectivity index (χ0n) is 11.8. The summed E-state index contributed by atoms with van der Waals surface area (Å²) in [4.78, 5) is 23.7. The van der Waals surface area contributed by atoms with Crippen LogP contribution in [0.1, 0.15) is 26.7 Å². The molecule has 2 amide bonds. The summed E-state index contributed by atoms with van der Waals surface area (Å²) in [6, 6.07) is 7.80. The van der Waals surface area contributed by atoms with Crippen molar-refractivity contribution in [3.8, 4) is 0 Å². The van der Waals surface area contributed by atoms with Crippen LogP contribution in [0.25, 0.3) is 0 Å². The minimum absolute atomic E-state index is 0.0836. The van der Waals surface area contributed by atoms with Gasteiger partial charge in [0.2, 0.25) is 11.8 Å². The zero-order chi connectivity index (χ0) is 14.5. The molecule has 5 heteroatoms. The van der Waals surface area contributed by atoms with E-state index < -0.39 is 0 Å². The number of thioether (sulfide) groups is 1. The fourth-order valence-electron chi connectivity index (χ4n) is 2.00. The van der Waals surface area contributed by atoms with Gasteiger partial charge in [-0.15, -0.1) is 11.8 Å². The van der Waals surface area contributed by atoms with Gasteiger partial charge in [0.25, 0.3) is 0 Å². The summed E-state index contributed by atoms with van der Waals surface area (Å²) in [7, 11) is 0. The van der Waals surface area contributed by atoms with Gasteiger partial charge in [-0.05, 0) is 49.9 Å². The summed E-state index contributed by atoms with van der Waals surface area (Å²) in [5, 5.41) is 5.75. The van der Waals surface area contributed by atoms with Gasteiger partial charge in [-0.3, -0.25) is 9.59 Å². The molecule has 1 saturated carbocycles. The van der Waals surface area contributed by atoms with Crippen LogP contribution in [0.3, 0.4) is 0 Å². The number of amides is 2. The highest BCUT2D eigenvalue weighted by Crippen LogP contribution is 2.32. The molecule has 1 aliphatic rings. The number of anilines is 1. The van der Waals surface area contributed by atoms with Crippen LogP contribution in [0.2, 0.25) is 0 Å². The highest BCUT2D eigenvalue weighted by atomic mass is 32.2. The number of hydrogen-bond acceptors (Lipinski definition) is 3. The second kappa shape index (κ2) is 6.79. The van der Waals surface area contributed by atoms with E-state index in [0.717, 1.165) is 10.6 Å². The Labute approximate surface area is 123 Å². The molecule has 0 aliphatic heterocycles. The standard InChI is InChI=1S/C15H20N2O2S/c1-10(12-3-4-12)16-15(19)9-20-14-7-5-13(6-8-14)17-11(2)18/h5-8,10,12H,3-4,9H2,1-2H3,(H,16,19)(H,17,18)/t10-/m1/s1. The normalized spacial score (nSPS) is 15.5. The SMILES string of the molecule is CC(=O)Nc1ccc(SCC(=O)N[C@H](C)C2CC2)cc1. The van der Waals surface area contributed by atoms with Crippen molar-refractivity contribution < 1.29 is 9.59 Å². The van der Waals surface area contributed by atoms with Crippen molar-refractivity contribution in [3.05, 3.63) is 24.3 Å². The number of nitrogens with one attached hydrogen (secondary N) is 2. The summed E-state index contributed by atoms with van der Waals surface area (Å²) < 4.78 is 0. The lowest BCUT2D eigenvalue weighted by atomic mass is 10.2. The van der Waals surface area contributed by atoms with E-state index in [1.54, 1.807) is 0 Å². The van der Waals surface area contributed by atoms with Crippen molar-refractivity contribution in [2.75, 3.05) is 11.1 Å². The van der Waals surface area contributed by atoms with Gasteiger partial charge in [-0.25, -0.2) is 0 Å². The Morgan fingerprint density at radius 2 is 1.95 bits per heavy atom. The number of carbonyl (C=O) groups excluding carboxylic acids is 2. The van der Waals surface area contributed by atoms with Crippen molar-refractivity contribution in [3.63, 3.8) is 0 Å². The first-order valence-corrected chi connectivity index (χ1v) is 7.83. The van der Waals surface area contributed by atoms with Gasteiger partial charge in [0, 0.05) is 23.5 Å². The van der Waals surface area contributed by atoms with Gasteiger partial charge >= 0.3 is 0 Å². The van der Waals surface area contributed by atoms with Crippen LogP contribution >= 0.6 is 11.8 Å². The average molecular weight is 292 g/mol. The molecule has 20 heavy (non-hydrogen) atoms. The molecule has 4 nitrogen and oxygen atoms in total. The molecule has 108 valence electrons. The summed E-state index contributed by atoms with van der Waals surface area (Å²) in [6.45, 7) is 3.55. The van der Waals surface area contributed by atoms with Gasteiger partial charge in [-0.1, -0.05) is 0 Å². The monoisotopic (exact) mass is 292 g/mol. The molecule has 0 spiro atoms. The maximum atomic E-state index is 11.8. The molecule has 0 unspecified atom stereocenters. The smallest absolute Gasteiger partial charge is 0.230 e. The Morgan fingerprint density at radius 3 is 2.50 bits per heavy atom. The highest BCUT2D eigenvalue weighted by molar-refractivity contribution is 8.00. The van der Waals surface area contributed by atoms with Crippen LogP contribution in [-0.4, -0.2) is 23.6 Å². The van der Waals surface area contributed by atoms with E-state index in [9.17, 15) is 9.59 Å². The van der Waals surface area contributed by atoms with E-state index in [0.29, 0.717) is 17.7 Å². The van der Waals surface area contributed by atoms with E-state index in [1.807, 2.05) is 24.3 Å². The van der Waals surface area contributed by atoms with Gasteiger partial charge in [0.1, 0.15) is 0 Å². The van der Waals surface area contributed by atoms with Gasteiger partial charge < -0.3 is 10.6 Å². The summed E-state index contributed by atoms with van der Waals surface area (Å²) in [5.74, 6) is 1.11. The van der Waals surface area contributed by atoms with Crippen molar-refractivity contribution in [2.45, 2.75) is 37.6 Å². The Balaban J connectivity index is 1.75. The van der Waals surface area contributed by atoms with Crippen LogP contribution in [0, 0.1) is 5.92 Å². The number of hydrogen-bond donors (Lipinski definition) is 2. The van der Waals surface area contributed by atoms with E-state index >= 15 is 0 Å². The fourth-order valence-corrected chi connectivity index (χ4v) is 2.71. The Kier molecular flexibility index (Phi) is 5.06. The van der Waals surface area contributed by atoms with Crippen LogP contribution in [0.15, 0.2) is 29.2 Å². The molecule has 1 atom stereocenters. The minimum atomic E-state index is -0.0844. The quantitative estimate of drug-likeness (QED) is 0.793. The largest absolute Gasteiger partial charge is 0.353 e. The molecule has 2 N–H and O–H groups in total. The first kappa shape index (κ1) is 14.9. The molecule has 0 heterocycles. The van der Waals surface area contributed by atoms with Crippen LogP contribution in [-0.2, 0) is 9.59 Å². The molecule has 2 rings (SSSR count). The molecule has 0 saturated heterocycles. The number of benzene rings is 1. The number of carbonyl (C=O) groups is 2. The molecular weight excluding hydrogens is 272 g/mol. The Morgan fingerprint density at radius 1 is 1.30 bits per heavy atom. The van der Waals surface area contributed by atoms with Crippen LogP contribution < -0.4 is 10.6 Å². The highest BCUT2D eigenvalue weighted by Gasteiger charge is 2.28. The molecule has 0 aromatic heterocycles. The first-order chi connectivity index (χ1) is 9.54. The summed E-state index contributed by atoms with van der Waals surface area (Å²) >= 11 is 1.51. The topological polar surface area (TPSA) is 58.2 Å². The molecule has 1 aliphatic carbocycles. The van der Waals surface area contributed by atoms with Crippen molar-refractivity contribution in [1.29, 1.82) is 0 Å². The third kappa shape index (κ3) is 4.89. The Bertz CT molecular complexity index is 483. The first-order valence-electron chi connectivity index (χ1n) is 6.84. The molecule has 0 bridgehead atoms. The lowest BCUT2D eigenvalue weighted by Gasteiger charge is -2.12. The molecule has 1 aromatic carbocycles. The summed E-state index contributed by atoms with van der Waals surface area (Å²) in [6.07, 6.45) is 2.47. The second-order valence-corrected chi connectivity index (χ2v) is 6.24. The van der Waals surface area contributed by atoms with Crippen molar-refractivity contribution in [2.24, 2.45) is 5.92 Å². The lowest BCUT2D eigenvalue weighted by molar-refractivity contribution is -0.119. The molecular formula is C15H20N2O2S. The third-order valence-electron chi connectivity index (χ3n) is 3.26. The molecule has 0 radical (unpaired) electrons. The van der Waals surface area contributed by atoms with Crippen molar-refractivity contribution >= 4 is 29.3 Å². The van der Waals surface area contributed by atoms with E-state index in [2.05, 4.69) is 17.6 Å². The summed E-state index contributed by atoms with van der Waals surface area (Å²) in [5.41, 5.74) is 0.772. The predicted octanol–water partition coefficient (Wildman–Crippen LogP) is 2.65. The predicted molar refractivity (Wildman–Crippen MR) is 81.8 cm³/mol. The maximum Gasteiger partial charge on any atom is 0.230 e. The average Bonchev–Trinajstić information content (AvgIpc) is 3.21. The van der Waals surface area contributed by atoms with Gasteiger partial charge in [0.05, 0.1) is 5.75 Å². The minimum Gasteiger partial charge on any atom is -0.353 e. The third-order valence-corrected chi connectivity index (χ3v) is 4.27. The number of rotatable bonds is 6. The van der Waals surface area contributed by atoms with E-state index in [4.69, 9.17) is 0 Å². The maximum absolute atomic E-state index is 11.8. The van der Waals surface area contributed by atoms with Gasteiger partial charge in [0.15, 0.2) is 0 Å². The zero-order valence-corrected chi connectivity index (χ0v) is 12.6. The van der Waals surface area contributed by atoms with Crippen LogP contribution in [0.4, 0.5) is 5.69 Å². The van der Waals surface area contributed by atoms with E-state index in [-0.39, 0.29) is 11.8 Å². The fraction of sp³-hybridized carbons (Fsp3) is 0.467. The molecule has 1 fully saturated rings. The Hall–Kier alpha value is -1.49. The van der Waals surface area contributed by atoms with E-state index in [1.165, 1.54) is 31.5 Å². The van der Waals surface area contributed by atoms with Crippen LogP contribution in [0.5, 0.6) is 0 Å². The van der Waals surface area contributed by atoms with Gasteiger partial charge in [-0.2, -0.15) is 0 Å². The second-order valence-electron chi connectivity index (χ2n) is 5.19. The lowest BCUT2D eigenvalue weighted by Crippen LogP contribution is -2.35. The molecule has 1 aromatic rings. The van der Waals surface area contributed by atoms with Crippen molar-refractivity contribution in [1.82, 2.24) is 5.32 Å².